The van der Waals surface area contributed by atoms with E-state index in [1.54, 1.807) is 13.2 Å². The van der Waals surface area contributed by atoms with Gasteiger partial charge < -0.3 is 15.8 Å². The zero-order valence-corrected chi connectivity index (χ0v) is 12.0. The number of nitrogens with two attached hydrogens (primary N) is 1. The van der Waals surface area contributed by atoms with E-state index in [0.29, 0.717) is 16.5 Å². The monoisotopic (exact) mass is 326 g/mol. The number of methoxy groups -OCH3 is 1. The first kappa shape index (κ1) is 13.1. The normalized spacial score (nSPS) is 10.2. The number of nitrogens with one attached hydrogen (secondary N) is 1. The van der Waals surface area contributed by atoms with Crippen molar-refractivity contribution in [2.45, 2.75) is 0 Å². The third-order valence-electron chi connectivity index (χ3n) is 2.46. The Morgan fingerprint density at radius 2 is 1.89 bits per heavy atom. The molecule has 94 valence electrons. The van der Waals surface area contributed by atoms with Crippen molar-refractivity contribution in [3.8, 4) is 5.75 Å². The Balaban J connectivity index is 2.28. The average Bonchev–Trinajstić information content (AvgIpc) is 2.34. The third-order valence-corrected chi connectivity index (χ3v) is 3.27. The molecular weight excluding hydrogens is 316 g/mol. The third kappa shape index (κ3) is 2.89. The highest BCUT2D eigenvalue weighted by Gasteiger charge is 2.05. The molecule has 0 radical (unpaired) electrons. The lowest BCUT2D eigenvalue weighted by atomic mass is 10.2. The van der Waals surface area contributed by atoms with Crippen LogP contribution in [0.25, 0.3) is 0 Å². The number of anilines is 3. The molecular formula is C13H12BrClN2O. The molecule has 5 heteroatoms. The lowest BCUT2D eigenvalue weighted by Gasteiger charge is -2.12. The fraction of sp³-hybridized carbons (Fsp3) is 0.0769. The van der Waals surface area contributed by atoms with Crippen molar-refractivity contribution in [1.82, 2.24) is 0 Å². The van der Waals surface area contributed by atoms with E-state index in [0.717, 1.165) is 15.8 Å². The van der Waals surface area contributed by atoms with E-state index < -0.39 is 0 Å². The maximum atomic E-state index is 6.15. The van der Waals surface area contributed by atoms with Gasteiger partial charge in [0.25, 0.3) is 0 Å². The van der Waals surface area contributed by atoms with Crippen molar-refractivity contribution in [3.63, 3.8) is 0 Å². The van der Waals surface area contributed by atoms with Gasteiger partial charge in [-0.15, -0.1) is 0 Å². The summed E-state index contributed by atoms with van der Waals surface area (Å²) >= 11 is 9.51. The molecule has 0 saturated heterocycles. The zero-order valence-electron chi connectivity index (χ0n) is 9.71. The van der Waals surface area contributed by atoms with Crippen LogP contribution in [0.2, 0.25) is 5.02 Å². The van der Waals surface area contributed by atoms with Crippen molar-refractivity contribution in [2.75, 3.05) is 18.2 Å². The fourth-order valence-electron chi connectivity index (χ4n) is 1.52. The minimum absolute atomic E-state index is 0.580. The maximum absolute atomic E-state index is 6.15. The summed E-state index contributed by atoms with van der Waals surface area (Å²) in [5.41, 5.74) is 8.16. The van der Waals surface area contributed by atoms with E-state index in [1.165, 1.54) is 0 Å². The molecule has 0 aromatic heterocycles. The van der Waals surface area contributed by atoms with Crippen LogP contribution < -0.4 is 15.8 Å². The van der Waals surface area contributed by atoms with Gasteiger partial charge in [-0.3, -0.25) is 0 Å². The number of benzene rings is 2. The highest BCUT2D eigenvalue weighted by Crippen LogP contribution is 2.32. The molecule has 2 aromatic rings. The Morgan fingerprint density at radius 1 is 1.17 bits per heavy atom. The highest BCUT2D eigenvalue weighted by atomic mass is 79.9. The molecule has 0 amide bonds. The van der Waals surface area contributed by atoms with E-state index in [4.69, 9.17) is 22.1 Å². The molecule has 0 atom stereocenters. The van der Waals surface area contributed by atoms with Crippen LogP contribution in [-0.2, 0) is 0 Å². The molecule has 0 bridgehead atoms. The zero-order chi connectivity index (χ0) is 13.1. The molecule has 0 spiro atoms. The number of ether oxygens (including phenoxy) is 1. The van der Waals surface area contributed by atoms with Crippen molar-refractivity contribution in [1.29, 1.82) is 0 Å². The van der Waals surface area contributed by atoms with Crippen molar-refractivity contribution < 1.29 is 4.74 Å². The van der Waals surface area contributed by atoms with E-state index in [9.17, 15) is 0 Å². The molecule has 0 aliphatic carbocycles. The van der Waals surface area contributed by atoms with Gasteiger partial charge in [0.05, 0.1) is 29.2 Å². The molecule has 0 unspecified atom stereocenters. The van der Waals surface area contributed by atoms with Gasteiger partial charge in [-0.2, -0.15) is 0 Å². The van der Waals surface area contributed by atoms with Crippen LogP contribution in [0.1, 0.15) is 0 Å². The van der Waals surface area contributed by atoms with Crippen molar-refractivity contribution in [2.24, 2.45) is 0 Å². The molecule has 3 N–H and O–H groups in total. The van der Waals surface area contributed by atoms with Gasteiger partial charge in [0.1, 0.15) is 5.75 Å². The Labute approximate surface area is 119 Å². The molecule has 0 aliphatic rings. The average molecular weight is 328 g/mol. The molecule has 0 heterocycles. The summed E-state index contributed by atoms with van der Waals surface area (Å²) in [5.74, 6) is 0.717. The topological polar surface area (TPSA) is 47.3 Å². The second-order valence-corrected chi connectivity index (χ2v) is 5.03. The lowest BCUT2D eigenvalue weighted by Crippen LogP contribution is -1.97. The van der Waals surface area contributed by atoms with Crippen LogP contribution in [0.5, 0.6) is 5.75 Å². The second kappa shape index (κ2) is 5.50. The molecule has 2 rings (SSSR count). The fourth-order valence-corrected chi connectivity index (χ4v) is 2.11. The predicted molar refractivity (Wildman–Crippen MR) is 79.8 cm³/mol. The van der Waals surface area contributed by atoms with Gasteiger partial charge in [0, 0.05) is 10.5 Å². The van der Waals surface area contributed by atoms with Crippen LogP contribution in [0, 0.1) is 0 Å². The largest absolute Gasteiger partial charge is 0.497 e. The van der Waals surface area contributed by atoms with E-state index in [-0.39, 0.29) is 0 Å². The number of hydrogen-bond acceptors (Lipinski definition) is 3. The predicted octanol–water partition coefficient (Wildman–Crippen LogP) is 4.44. The van der Waals surface area contributed by atoms with Crippen molar-refractivity contribution >= 4 is 44.6 Å². The van der Waals surface area contributed by atoms with Crippen LogP contribution in [-0.4, -0.2) is 7.11 Å². The summed E-state index contributed by atoms with van der Waals surface area (Å²) < 4.78 is 6.03. The van der Waals surface area contributed by atoms with Crippen LogP contribution in [0.3, 0.4) is 0 Å². The first-order chi connectivity index (χ1) is 8.60. The smallest absolute Gasteiger partial charge is 0.120 e. The quantitative estimate of drug-likeness (QED) is 0.819. The van der Waals surface area contributed by atoms with Gasteiger partial charge in [-0.1, -0.05) is 27.5 Å². The molecule has 0 aliphatic heterocycles. The van der Waals surface area contributed by atoms with Gasteiger partial charge >= 0.3 is 0 Å². The van der Waals surface area contributed by atoms with E-state index in [2.05, 4.69) is 21.2 Å². The number of halogens is 2. The summed E-state index contributed by atoms with van der Waals surface area (Å²) in [6.45, 7) is 0. The summed E-state index contributed by atoms with van der Waals surface area (Å²) in [6.07, 6.45) is 0. The van der Waals surface area contributed by atoms with E-state index in [1.807, 2.05) is 30.3 Å². The Hall–Kier alpha value is -1.39. The van der Waals surface area contributed by atoms with Gasteiger partial charge in [-0.05, 0) is 30.3 Å². The highest BCUT2D eigenvalue weighted by molar-refractivity contribution is 9.10. The SMILES string of the molecule is COc1ccc(Nc2ccc(Br)cc2N)c(Cl)c1. The Bertz CT molecular complexity index is 575. The lowest BCUT2D eigenvalue weighted by molar-refractivity contribution is 0.415. The molecule has 0 fully saturated rings. The summed E-state index contributed by atoms with van der Waals surface area (Å²) in [5, 5.41) is 3.77. The van der Waals surface area contributed by atoms with Gasteiger partial charge in [0.2, 0.25) is 0 Å². The number of rotatable bonds is 3. The van der Waals surface area contributed by atoms with Crippen molar-refractivity contribution in [3.05, 3.63) is 45.9 Å². The maximum Gasteiger partial charge on any atom is 0.120 e. The van der Waals surface area contributed by atoms with Gasteiger partial charge in [-0.25, -0.2) is 0 Å². The standard InChI is InChI=1S/C13H12BrClN2O/c1-18-9-3-5-12(10(15)7-9)17-13-4-2-8(14)6-11(13)16/h2-7,17H,16H2,1H3. The summed E-state index contributed by atoms with van der Waals surface area (Å²) in [7, 11) is 1.60. The number of hydrogen-bond donors (Lipinski definition) is 2. The first-order valence-corrected chi connectivity index (χ1v) is 6.43. The minimum Gasteiger partial charge on any atom is -0.497 e. The van der Waals surface area contributed by atoms with Crippen LogP contribution >= 0.6 is 27.5 Å². The van der Waals surface area contributed by atoms with Crippen LogP contribution in [0.15, 0.2) is 40.9 Å². The Morgan fingerprint density at radius 3 is 2.50 bits per heavy atom. The van der Waals surface area contributed by atoms with Gasteiger partial charge in [0.15, 0.2) is 0 Å². The Kier molecular flexibility index (Phi) is 3.99. The minimum atomic E-state index is 0.580. The molecule has 3 nitrogen and oxygen atoms in total. The molecule has 18 heavy (non-hydrogen) atoms. The summed E-state index contributed by atoms with van der Waals surface area (Å²) in [4.78, 5) is 0. The molecule has 0 saturated carbocycles. The number of nitrogen functional groups attached to an aromatic ring is 1. The summed E-state index contributed by atoms with van der Waals surface area (Å²) in [6, 6.07) is 11.1. The first-order valence-electron chi connectivity index (χ1n) is 5.26. The second-order valence-electron chi connectivity index (χ2n) is 3.70. The van der Waals surface area contributed by atoms with E-state index >= 15 is 0 Å². The van der Waals surface area contributed by atoms with Crippen LogP contribution in [0.4, 0.5) is 17.1 Å². The molecule has 2 aromatic carbocycles.